The second-order valence-corrected chi connectivity index (χ2v) is 7.62. The molecule has 0 spiro atoms. The summed E-state index contributed by atoms with van der Waals surface area (Å²) in [6, 6.07) is 4.06. The van der Waals surface area contributed by atoms with Crippen molar-refractivity contribution in [1.29, 1.82) is 0 Å². The molecule has 0 radical (unpaired) electrons. The molecule has 1 aromatic heterocycles. The average Bonchev–Trinajstić information content (AvgIpc) is 2.78. The number of rotatable bonds is 3. The minimum Gasteiger partial charge on any atom is -0.355 e. The molecule has 0 bridgehead atoms. The van der Waals surface area contributed by atoms with Crippen LogP contribution in [0.5, 0.6) is 0 Å². The molecule has 2 heterocycles. The lowest BCUT2D eigenvalue weighted by Crippen LogP contribution is -2.26. The number of anilines is 1. The van der Waals surface area contributed by atoms with Crippen LogP contribution in [0.4, 0.5) is 5.82 Å². The average molecular weight is 268 g/mol. The lowest BCUT2D eigenvalue weighted by atomic mass is 10.1. The maximum Gasteiger partial charge on any atom is 0.152 e. The van der Waals surface area contributed by atoms with E-state index in [1.165, 1.54) is 11.8 Å². The van der Waals surface area contributed by atoms with Crippen molar-refractivity contribution < 1.29 is 8.42 Å². The Morgan fingerprint density at radius 2 is 2.11 bits per heavy atom. The van der Waals surface area contributed by atoms with Gasteiger partial charge in [-0.05, 0) is 24.0 Å². The molecule has 4 nitrogen and oxygen atoms in total. The fourth-order valence-corrected chi connectivity index (χ4v) is 3.20. The molecule has 1 aromatic rings. The molecule has 0 saturated carbocycles. The van der Waals surface area contributed by atoms with E-state index in [9.17, 15) is 8.42 Å². The van der Waals surface area contributed by atoms with Crippen molar-refractivity contribution in [1.82, 2.24) is 4.98 Å². The summed E-state index contributed by atoms with van der Waals surface area (Å²) in [5.74, 6) is 1.35. The van der Waals surface area contributed by atoms with Gasteiger partial charge in [0.15, 0.2) is 9.84 Å². The standard InChI is InChI=1S/C13H20N2O2S/c1-10(2)11-4-5-13(14-8-11)15-7-6-12(9-15)18(3,16)17/h4-5,8,10,12H,6-7,9H2,1-3H3. The third-order valence-corrected chi connectivity index (χ3v) is 5.11. The van der Waals surface area contributed by atoms with E-state index in [4.69, 9.17) is 0 Å². The summed E-state index contributed by atoms with van der Waals surface area (Å²) in [4.78, 5) is 6.48. The van der Waals surface area contributed by atoms with Crippen molar-refractivity contribution in [2.24, 2.45) is 0 Å². The van der Waals surface area contributed by atoms with Gasteiger partial charge in [-0.25, -0.2) is 13.4 Å². The first-order valence-corrected chi connectivity index (χ1v) is 8.23. The quantitative estimate of drug-likeness (QED) is 0.839. The second kappa shape index (κ2) is 4.88. The first-order chi connectivity index (χ1) is 8.38. The molecule has 1 atom stereocenters. The van der Waals surface area contributed by atoms with Crippen LogP contribution >= 0.6 is 0 Å². The Hall–Kier alpha value is -1.10. The summed E-state index contributed by atoms with van der Waals surface area (Å²) in [6.45, 7) is 5.59. The first-order valence-electron chi connectivity index (χ1n) is 6.27. The molecule has 100 valence electrons. The van der Waals surface area contributed by atoms with Gasteiger partial charge in [0.1, 0.15) is 5.82 Å². The molecule has 5 heteroatoms. The maximum atomic E-state index is 11.5. The van der Waals surface area contributed by atoms with Crippen LogP contribution in [0.25, 0.3) is 0 Å². The van der Waals surface area contributed by atoms with Gasteiger partial charge in [-0.1, -0.05) is 19.9 Å². The SMILES string of the molecule is CC(C)c1ccc(N2CCC(S(C)(=O)=O)C2)nc1. The summed E-state index contributed by atoms with van der Waals surface area (Å²) in [5, 5.41) is -0.246. The minimum absolute atomic E-state index is 0.246. The van der Waals surface area contributed by atoms with Crippen molar-refractivity contribution >= 4 is 15.7 Å². The molecule has 0 aliphatic carbocycles. The Morgan fingerprint density at radius 1 is 1.39 bits per heavy atom. The fraction of sp³-hybridized carbons (Fsp3) is 0.615. The van der Waals surface area contributed by atoms with Crippen LogP contribution in [-0.4, -0.2) is 38.0 Å². The highest BCUT2D eigenvalue weighted by atomic mass is 32.2. The zero-order valence-electron chi connectivity index (χ0n) is 11.1. The van der Waals surface area contributed by atoms with Crippen LogP contribution in [0, 0.1) is 0 Å². The lowest BCUT2D eigenvalue weighted by molar-refractivity contribution is 0.589. The number of aromatic nitrogens is 1. The van der Waals surface area contributed by atoms with E-state index in [0.29, 0.717) is 18.9 Å². The first kappa shape index (κ1) is 13.3. The number of pyridine rings is 1. The molecule has 2 rings (SSSR count). The van der Waals surface area contributed by atoms with Gasteiger partial charge in [0.25, 0.3) is 0 Å². The Balaban J connectivity index is 2.10. The van der Waals surface area contributed by atoms with E-state index in [0.717, 1.165) is 12.4 Å². The third kappa shape index (κ3) is 2.83. The van der Waals surface area contributed by atoms with Crippen LogP contribution in [0.1, 0.15) is 31.7 Å². The van der Waals surface area contributed by atoms with Gasteiger partial charge in [0.2, 0.25) is 0 Å². The highest BCUT2D eigenvalue weighted by molar-refractivity contribution is 7.91. The zero-order valence-corrected chi connectivity index (χ0v) is 11.9. The third-order valence-electron chi connectivity index (χ3n) is 3.51. The predicted octanol–water partition coefficient (Wildman–Crippen LogP) is 1.83. The van der Waals surface area contributed by atoms with Gasteiger partial charge in [-0.2, -0.15) is 0 Å². The maximum absolute atomic E-state index is 11.5. The van der Waals surface area contributed by atoms with Crippen molar-refractivity contribution in [3.05, 3.63) is 23.9 Å². The predicted molar refractivity (Wildman–Crippen MR) is 73.8 cm³/mol. The van der Waals surface area contributed by atoms with Gasteiger partial charge in [0, 0.05) is 25.5 Å². The smallest absolute Gasteiger partial charge is 0.152 e. The molecule has 1 aliphatic rings. The summed E-state index contributed by atoms with van der Waals surface area (Å²) < 4.78 is 23.0. The van der Waals surface area contributed by atoms with E-state index in [2.05, 4.69) is 29.8 Å². The largest absolute Gasteiger partial charge is 0.355 e. The van der Waals surface area contributed by atoms with Crippen molar-refractivity contribution in [2.75, 3.05) is 24.2 Å². The van der Waals surface area contributed by atoms with Gasteiger partial charge < -0.3 is 4.90 Å². The van der Waals surface area contributed by atoms with E-state index in [-0.39, 0.29) is 5.25 Å². The zero-order chi connectivity index (χ0) is 13.3. The highest BCUT2D eigenvalue weighted by Gasteiger charge is 2.30. The van der Waals surface area contributed by atoms with Crippen LogP contribution in [0.2, 0.25) is 0 Å². The van der Waals surface area contributed by atoms with Crippen LogP contribution in [-0.2, 0) is 9.84 Å². The molecule has 1 aliphatic heterocycles. The number of hydrogen-bond acceptors (Lipinski definition) is 4. The molecule has 18 heavy (non-hydrogen) atoms. The molecular weight excluding hydrogens is 248 g/mol. The molecular formula is C13H20N2O2S. The monoisotopic (exact) mass is 268 g/mol. The van der Waals surface area contributed by atoms with Crippen molar-refractivity contribution in [3.63, 3.8) is 0 Å². The Bertz CT molecular complexity index is 508. The van der Waals surface area contributed by atoms with Crippen LogP contribution < -0.4 is 4.90 Å². The molecule has 1 fully saturated rings. The summed E-state index contributed by atoms with van der Waals surface area (Å²) in [7, 11) is -2.93. The Morgan fingerprint density at radius 3 is 2.56 bits per heavy atom. The number of sulfone groups is 1. The van der Waals surface area contributed by atoms with Gasteiger partial charge in [-0.15, -0.1) is 0 Å². The highest BCUT2D eigenvalue weighted by Crippen LogP contribution is 2.23. The van der Waals surface area contributed by atoms with E-state index in [1.807, 2.05) is 12.3 Å². The van der Waals surface area contributed by atoms with E-state index in [1.54, 1.807) is 0 Å². The number of nitrogens with zero attached hydrogens (tertiary/aromatic N) is 2. The lowest BCUT2D eigenvalue weighted by Gasteiger charge is -2.17. The van der Waals surface area contributed by atoms with Gasteiger partial charge in [0.05, 0.1) is 5.25 Å². The fourth-order valence-electron chi connectivity index (χ4n) is 2.21. The molecule has 1 saturated heterocycles. The normalized spacial score (nSPS) is 20.7. The van der Waals surface area contributed by atoms with Gasteiger partial charge in [-0.3, -0.25) is 0 Å². The van der Waals surface area contributed by atoms with E-state index < -0.39 is 9.84 Å². The Labute approximate surface area is 109 Å². The summed E-state index contributed by atoms with van der Waals surface area (Å²) in [6.07, 6.45) is 3.90. The molecule has 0 N–H and O–H groups in total. The van der Waals surface area contributed by atoms with Crippen LogP contribution in [0.3, 0.4) is 0 Å². The topological polar surface area (TPSA) is 50.3 Å². The molecule has 1 unspecified atom stereocenters. The summed E-state index contributed by atoms with van der Waals surface area (Å²) >= 11 is 0. The number of hydrogen-bond donors (Lipinski definition) is 0. The molecule has 0 aromatic carbocycles. The van der Waals surface area contributed by atoms with E-state index >= 15 is 0 Å². The Kier molecular flexibility index (Phi) is 3.61. The van der Waals surface area contributed by atoms with Gasteiger partial charge >= 0.3 is 0 Å². The second-order valence-electron chi connectivity index (χ2n) is 5.29. The van der Waals surface area contributed by atoms with Crippen LogP contribution in [0.15, 0.2) is 18.3 Å². The minimum atomic E-state index is -2.93. The van der Waals surface area contributed by atoms with Crippen molar-refractivity contribution in [2.45, 2.75) is 31.4 Å². The summed E-state index contributed by atoms with van der Waals surface area (Å²) in [5.41, 5.74) is 1.21. The van der Waals surface area contributed by atoms with Crippen molar-refractivity contribution in [3.8, 4) is 0 Å². The molecule has 0 amide bonds.